The van der Waals surface area contributed by atoms with Gasteiger partial charge in [0.2, 0.25) is 0 Å². The van der Waals surface area contributed by atoms with Crippen molar-refractivity contribution in [2.24, 2.45) is 0 Å². The zero-order chi connectivity index (χ0) is 10.1. The minimum absolute atomic E-state index is 0.113. The van der Waals surface area contributed by atoms with Gasteiger partial charge in [0.1, 0.15) is 0 Å². The van der Waals surface area contributed by atoms with Gasteiger partial charge in [-0.1, -0.05) is 15.3 Å². The predicted octanol–water partition coefficient (Wildman–Crippen LogP) is 2.61. The molecule has 78 valence electrons. The van der Waals surface area contributed by atoms with Gasteiger partial charge in [-0.3, -0.25) is 0 Å². The van der Waals surface area contributed by atoms with Crippen molar-refractivity contribution in [1.82, 2.24) is 0 Å². The summed E-state index contributed by atoms with van der Waals surface area (Å²) < 4.78 is 23.2. The summed E-state index contributed by atoms with van der Waals surface area (Å²) in [6.07, 6.45) is 1.96. The van der Waals surface area contributed by atoms with Gasteiger partial charge in [-0.2, -0.15) is 0 Å². The molecule has 1 saturated heterocycles. The van der Waals surface area contributed by atoms with Crippen molar-refractivity contribution in [3.05, 3.63) is 0 Å². The Balaban J connectivity index is 2.77. The molecule has 0 bridgehead atoms. The summed E-state index contributed by atoms with van der Waals surface area (Å²) >= 11 is 0. The van der Waals surface area contributed by atoms with Crippen molar-refractivity contribution in [1.29, 1.82) is 0 Å². The first-order valence-electron chi connectivity index (χ1n) is 4.21. The fourth-order valence-corrected chi connectivity index (χ4v) is 10.5. The van der Waals surface area contributed by atoms with Gasteiger partial charge in [-0.25, -0.2) is 8.42 Å². The molecule has 4 unspecified atom stereocenters. The monoisotopic (exact) mass is 276 g/mol. The highest BCUT2D eigenvalue weighted by molar-refractivity contribution is 8.61. The first-order valence-corrected chi connectivity index (χ1v) is 12.6. The van der Waals surface area contributed by atoms with E-state index < -0.39 is 9.84 Å². The molecule has 2 nitrogen and oxygen atoms in total. The standard InChI is InChI=1S/C6H16O2P4S/c1-5-6(12(10)11-9)3-2-4-13(5,7)8/h5-6,11H,2-4,9-10H2,1H3/t5-,6-,12?/m1/s1. The normalized spacial score (nSPS) is 36.5. The molecule has 13 heavy (non-hydrogen) atoms. The largest absolute Gasteiger partial charge is 0.229 e. The molecule has 0 aromatic heterocycles. The lowest BCUT2D eigenvalue weighted by Gasteiger charge is -2.32. The molecule has 0 saturated carbocycles. The number of rotatable bonds is 2. The quantitative estimate of drug-likeness (QED) is 0.726. The van der Waals surface area contributed by atoms with E-state index in [4.69, 9.17) is 0 Å². The summed E-state index contributed by atoms with van der Waals surface area (Å²) in [5.74, 6) is 0.401. The Morgan fingerprint density at radius 1 is 1.54 bits per heavy atom. The first-order chi connectivity index (χ1) is 5.99. The summed E-state index contributed by atoms with van der Waals surface area (Å²) in [5.41, 5.74) is 0.412. The molecule has 6 atom stereocenters. The van der Waals surface area contributed by atoms with Gasteiger partial charge in [0.15, 0.2) is 9.84 Å². The lowest BCUT2D eigenvalue weighted by Crippen LogP contribution is -2.35. The fraction of sp³-hybridized carbons (Fsp3) is 1.00. The maximum atomic E-state index is 11.6. The number of hydrogen-bond acceptors (Lipinski definition) is 2. The third-order valence-corrected chi connectivity index (χ3v) is 16.5. The van der Waals surface area contributed by atoms with Crippen molar-refractivity contribution in [3.8, 4) is 0 Å². The van der Waals surface area contributed by atoms with Gasteiger partial charge in [0.25, 0.3) is 0 Å². The fourth-order valence-electron chi connectivity index (χ4n) is 1.61. The molecule has 0 radical (unpaired) electrons. The van der Waals surface area contributed by atoms with Crippen molar-refractivity contribution in [2.75, 3.05) is 5.75 Å². The van der Waals surface area contributed by atoms with Crippen LogP contribution in [0.15, 0.2) is 0 Å². The van der Waals surface area contributed by atoms with Gasteiger partial charge < -0.3 is 0 Å². The zero-order valence-corrected chi connectivity index (χ0v) is 12.6. The van der Waals surface area contributed by atoms with Gasteiger partial charge in [-0.05, 0) is 19.8 Å². The average Bonchev–Trinajstić information content (AvgIpc) is 2.08. The molecule has 1 aliphatic rings. The zero-order valence-electron chi connectivity index (χ0n) is 7.60. The summed E-state index contributed by atoms with van der Waals surface area (Å²) in [6, 6.07) is 0. The third kappa shape index (κ3) is 3.06. The van der Waals surface area contributed by atoms with E-state index in [0.717, 1.165) is 20.8 Å². The van der Waals surface area contributed by atoms with Crippen LogP contribution < -0.4 is 0 Å². The lowest BCUT2D eigenvalue weighted by molar-refractivity contribution is 0.554. The van der Waals surface area contributed by atoms with Crippen LogP contribution in [0.25, 0.3) is 0 Å². The van der Waals surface area contributed by atoms with Crippen LogP contribution in [0.3, 0.4) is 0 Å². The van der Waals surface area contributed by atoms with E-state index in [1.54, 1.807) is 0 Å². The molecule has 0 aromatic carbocycles. The summed E-state index contributed by atoms with van der Waals surface area (Å²) in [4.78, 5) is 0. The van der Waals surface area contributed by atoms with Crippen molar-refractivity contribution >= 4 is 43.0 Å². The van der Waals surface area contributed by atoms with E-state index in [2.05, 4.69) is 17.9 Å². The highest BCUT2D eigenvalue weighted by Crippen LogP contribution is 2.71. The third-order valence-electron chi connectivity index (χ3n) is 2.54. The Hall–Kier alpha value is 1.67. The van der Waals surface area contributed by atoms with Gasteiger partial charge in [-0.15, -0.1) is 17.9 Å². The molecule has 7 heteroatoms. The topological polar surface area (TPSA) is 34.1 Å². The minimum Gasteiger partial charge on any atom is -0.229 e. The second kappa shape index (κ2) is 5.14. The molecule has 1 rings (SSSR count). The van der Waals surface area contributed by atoms with Crippen LogP contribution in [0, 0.1) is 0 Å². The average molecular weight is 276 g/mol. The molecule has 0 aromatic rings. The smallest absolute Gasteiger partial charge is 0.153 e. The van der Waals surface area contributed by atoms with Crippen molar-refractivity contribution < 1.29 is 8.42 Å². The molecule has 0 spiro atoms. The molecule has 0 aliphatic carbocycles. The maximum absolute atomic E-state index is 11.6. The molecule has 1 fully saturated rings. The van der Waals surface area contributed by atoms with Crippen molar-refractivity contribution in [2.45, 2.75) is 30.7 Å². The molecular formula is C6H16O2P4S. The highest BCUT2D eigenvalue weighted by atomic mass is 32.6. The van der Waals surface area contributed by atoms with Gasteiger partial charge in [0, 0.05) is 5.66 Å². The molecule has 0 N–H and O–H groups in total. The van der Waals surface area contributed by atoms with Crippen LogP contribution in [0.2, 0.25) is 0 Å². The lowest BCUT2D eigenvalue weighted by atomic mass is 10.2. The SMILES string of the molecule is C[C@@H]1[C@H](P(P)PP)CCCS1(=O)=O. The molecular weight excluding hydrogens is 260 g/mol. The molecule has 0 amide bonds. The Morgan fingerprint density at radius 2 is 2.15 bits per heavy atom. The number of hydrogen-bond donors (Lipinski definition) is 0. The Labute approximate surface area is 87.9 Å². The maximum Gasteiger partial charge on any atom is 0.153 e. The van der Waals surface area contributed by atoms with E-state index in [9.17, 15) is 8.42 Å². The summed E-state index contributed by atoms with van der Waals surface area (Å²) in [6.45, 7) is 1.88. The predicted molar refractivity (Wildman–Crippen MR) is 70.9 cm³/mol. The second-order valence-corrected chi connectivity index (χ2v) is 15.4. The van der Waals surface area contributed by atoms with Crippen LogP contribution in [0.1, 0.15) is 19.8 Å². The van der Waals surface area contributed by atoms with Crippen LogP contribution in [0.4, 0.5) is 0 Å². The molecule has 1 aliphatic heterocycles. The highest BCUT2D eigenvalue weighted by Gasteiger charge is 2.35. The summed E-state index contributed by atoms with van der Waals surface area (Å²) in [7, 11) is 3.46. The van der Waals surface area contributed by atoms with Crippen LogP contribution in [-0.4, -0.2) is 25.1 Å². The van der Waals surface area contributed by atoms with E-state index in [0.29, 0.717) is 11.4 Å². The van der Waals surface area contributed by atoms with Crippen LogP contribution in [-0.2, 0) is 9.84 Å². The van der Waals surface area contributed by atoms with Crippen LogP contribution in [0.5, 0.6) is 0 Å². The molecule has 1 heterocycles. The van der Waals surface area contributed by atoms with Gasteiger partial charge >= 0.3 is 0 Å². The Morgan fingerprint density at radius 3 is 2.69 bits per heavy atom. The van der Waals surface area contributed by atoms with E-state index in [-0.39, 0.29) is 12.5 Å². The van der Waals surface area contributed by atoms with E-state index in [1.165, 1.54) is 0 Å². The Bertz CT molecular complexity index is 266. The summed E-state index contributed by atoms with van der Waals surface area (Å²) in [5, 5.41) is -0.113. The number of sulfone groups is 1. The van der Waals surface area contributed by atoms with Gasteiger partial charge in [0.05, 0.1) is 11.0 Å². The van der Waals surface area contributed by atoms with E-state index >= 15 is 0 Å². The van der Waals surface area contributed by atoms with E-state index in [1.807, 2.05) is 6.92 Å². The second-order valence-electron chi connectivity index (χ2n) is 3.32. The Kier molecular flexibility index (Phi) is 5.03. The first kappa shape index (κ1) is 12.7. The minimum atomic E-state index is -2.77. The van der Waals surface area contributed by atoms with Crippen molar-refractivity contribution in [3.63, 3.8) is 0 Å². The van der Waals surface area contributed by atoms with Crippen LogP contribution >= 0.6 is 33.1 Å².